The Morgan fingerprint density at radius 1 is 1.00 bits per heavy atom. The van der Waals surface area contributed by atoms with Gasteiger partial charge in [-0.15, -0.1) is 0 Å². The minimum atomic E-state index is -1.02. The summed E-state index contributed by atoms with van der Waals surface area (Å²) in [5.74, 6) is -1.02. The lowest BCUT2D eigenvalue weighted by Gasteiger charge is -2.29. The molecule has 35 heavy (non-hydrogen) atoms. The maximum absolute atomic E-state index is 12.8. The number of hydrogen-bond acceptors (Lipinski definition) is 5. The summed E-state index contributed by atoms with van der Waals surface area (Å²) in [6, 6.07) is 21.6. The van der Waals surface area contributed by atoms with Gasteiger partial charge >= 0.3 is 12.1 Å². The van der Waals surface area contributed by atoms with Crippen LogP contribution in [0.1, 0.15) is 48.4 Å². The Bertz CT molecular complexity index is 1150. The topological polar surface area (TPSA) is 113 Å². The van der Waals surface area contributed by atoms with E-state index in [0.717, 1.165) is 22.3 Å². The average Bonchev–Trinajstić information content (AvgIpc) is 2.81. The monoisotopic (exact) mass is 476 g/mol. The predicted molar refractivity (Wildman–Crippen MR) is 136 cm³/mol. The number of benzene rings is 3. The summed E-state index contributed by atoms with van der Waals surface area (Å²) in [5, 5.41) is 19.8. The van der Waals surface area contributed by atoms with Crippen LogP contribution in [-0.4, -0.2) is 45.9 Å². The third-order valence-electron chi connectivity index (χ3n) is 5.46. The van der Waals surface area contributed by atoms with E-state index in [2.05, 4.69) is 0 Å². The Morgan fingerprint density at radius 2 is 1.66 bits per heavy atom. The van der Waals surface area contributed by atoms with E-state index in [9.17, 15) is 14.7 Å². The molecular weight excluding hydrogens is 444 g/mol. The van der Waals surface area contributed by atoms with Gasteiger partial charge in [-0.2, -0.15) is 0 Å². The smallest absolute Gasteiger partial charge is 0.410 e. The first-order chi connectivity index (χ1) is 16.5. The number of amides is 1. The van der Waals surface area contributed by atoms with Crippen LogP contribution in [0.4, 0.5) is 10.5 Å². The van der Waals surface area contributed by atoms with Crippen LogP contribution in [0.25, 0.3) is 11.1 Å². The van der Waals surface area contributed by atoms with Crippen LogP contribution < -0.4 is 5.73 Å². The molecule has 0 aromatic heterocycles. The van der Waals surface area contributed by atoms with Gasteiger partial charge in [0.15, 0.2) is 0 Å². The van der Waals surface area contributed by atoms with Crippen molar-refractivity contribution in [2.45, 2.75) is 38.9 Å². The molecule has 0 saturated carbocycles. The molecule has 0 unspecified atom stereocenters. The fraction of sp³-hybridized carbons (Fsp3) is 0.286. The van der Waals surface area contributed by atoms with Crippen LogP contribution in [0.2, 0.25) is 0 Å². The lowest BCUT2D eigenvalue weighted by Crippen LogP contribution is -2.40. The normalized spacial score (nSPS) is 12.1. The minimum Gasteiger partial charge on any atom is -0.478 e. The molecule has 1 amide bonds. The third kappa shape index (κ3) is 7.32. The Balaban J connectivity index is 1.71. The van der Waals surface area contributed by atoms with E-state index in [0.29, 0.717) is 18.7 Å². The highest BCUT2D eigenvalue weighted by Gasteiger charge is 2.24. The molecule has 1 atom stereocenters. The van der Waals surface area contributed by atoms with Gasteiger partial charge < -0.3 is 25.6 Å². The van der Waals surface area contributed by atoms with Crippen molar-refractivity contribution >= 4 is 17.7 Å². The molecule has 3 aromatic rings. The minimum absolute atomic E-state index is 0.115. The second-order valence-corrected chi connectivity index (χ2v) is 9.41. The molecule has 3 aromatic carbocycles. The molecule has 184 valence electrons. The molecule has 3 rings (SSSR count). The number of aromatic carboxylic acids is 1. The van der Waals surface area contributed by atoms with Gasteiger partial charge in [-0.1, -0.05) is 60.7 Å². The number of ether oxygens (including phenoxy) is 1. The van der Waals surface area contributed by atoms with Crippen molar-refractivity contribution in [3.63, 3.8) is 0 Å². The van der Waals surface area contributed by atoms with Gasteiger partial charge in [0.05, 0.1) is 18.2 Å². The Labute approximate surface area is 205 Å². The maximum Gasteiger partial charge on any atom is 0.410 e. The molecule has 0 bridgehead atoms. The number of carbonyl (C=O) groups is 2. The van der Waals surface area contributed by atoms with Gasteiger partial charge in [-0.3, -0.25) is 0 Å². The van der Waals surface area contributed by atoms with Crippen molar-refractivity contribution in [1.29, 1.82) is 0 Å². The molecule has 0 radical (unpaired) electrons. The van der Waals surface area contributed by atoms with Crippen molar-refractivity contribution in [1.82, 2.24) is 4.90 Å². The van der Waals surface area contributed by atoms with Crippen molar-refractivity contribution in [3.05, 3.63) is 89.5 Å². The molecule has 0 aliphatic rings. The molecule has 0 saturated heterocycles. The summed E-state index contributed by atoms with van der Waals surface area (Å²) < 4.78 is 5.56. The quantitative estimate of drug-likeness (QED) is 0.388. The number of carboxylic acid groups (broad SMARTS) is 1. The Hall–Kier alpha value is -3.84. The first-order valence-corrected chi connectivity index (χ1v) is 11.5. The van der Waals surface area contributed by atoms with E-state index in [-0.39, 0.29) is 12.1 Å². The van der Waals surface area contributed by atoms with Crippen LogP contribution >= 0.6 is 0 Å². The predicted octanol–water partition coefficient (Wildman–Crippen LogP) is 5.15. The third-order valence-corrected chi connectivity index (χ3v) is 5.46. The number of anilines is 1. The number of rotatable bonds is 8. The fourth-order valence-electron chi connectivity index (χ4n) is 3.65. The van der Waals surface area contributed by atoms with E-state index in [1.165, 1.54) is 17.0 Å². The van der Waals surface area contributed by atoms with E-state index in [1.807, 2.05) is 75.4 Å². The number of aliphatic hydroxyl groups is 1. The van der Waals surface area contributed by atoms with Crippen molar-refractivity contribution in [2.75, 3.05) is 18.8 Å². The van der Waals surface area contributed by atoms with Crippen LogP contribution in [0.5, 0.6) is 0 Å². The van der Waals surface area contributed by atoms with Gasteiger partial charge in [-0.05, 0) is 56.0 Å². The van der Waals surface area contributed by atoms with Crippen LogP contribution in [-0.2, 0) is 11.2 Å². The second kappa shape index (κ2) is 11.1. The molecule has 7 heteroatoms. The number of hydrogen-bond donors (Lipinski definition) is 3. The number of nitrogens with two attached hydrogens (primary N) is 1. The highest BCUT2D eigenvalue weighted by atomic mass is 16.6. The van der Waals surface area contributed by atoms with Crippen LogP contribution in [0.3, 0.4) is 0 Å². The number of nitrogens with zero attached hydrogens (tertiary/aromatic N) is 1. The van der Waals surface area contributed by atoms with Gasteiger partial charge in [-0.25, -0.2) is 9.59 Å². The van der Waals surface area contributed by atoms with Crippen molar-refractivity contribution < 1.29 is 24.5 Å². The lowest BCUT2D eigenvalue weighted by atomic mass is 9.99. The van der Waals surface area contributed by atoms with E-state index < -0.39 is 23.8 Å². The molecule has 0 aliphatic heterocycles. The molecule has 0 aliphatic carbocycles. The first-order valence-electron chi connectivity index (χ1n) is 11.5. The van der Waals surface area contributed by atoms with Crippen molar-refractivity contribution in [3.8, 4) is 11.1 Å². The summed E-state index contributed by atoms with van der Waals surface area (Å²) in [5.41, 5.74) is 9.30. The zero-order chi connectivity index (χ0) is 25.6. The van der Waals surface area contributed by atoms with Crippen LogP contribution in [0, 0.1) is 0 Å². The molecule has 4 N–H and O–H groups in total. The fourth-order valence-corrected chi connectivity index (χ4v) is 3.65. The molecule has 7 nitrogen and oxygen atoms in total. The Morgan fingerprint density at radius 3 is 2.23 bits per heavy atom. The molecule has 0 fully saturated rings. The number of carbonyl (C=O) groups excluding carboxylic acids is 1. The van der Waals surface area contributed by atoms with Crippen LogP contribution in [0.15, 0.2) is 72.8 Å². The maximum atomic E-state index is 12.8. The highest BCUT2D eigenvalue weighted by molar-refractivity contribution is 5.91. The number of carboxylic acids is 1. The second-order valence-electron chi connectivity index (χ2n) is 9.41. The highest BCUT2D eigenvalue weighted by Crippen LogP contribution is 2.27. The standard InChI is InChI=1S/C28H32N2O5/c1-28(2,3)35-27(34)30(18-25(31)21-7-5-4-6-8-21)16-15-19-9-11-20(12-10-19)23-14-13-22(26(32)33)17-24(23)29/h4-14,17,25,31H,15-16,18,29H2,1-3H3,(H,32,33)/t25-/m0/s1. The zero-order valence-electron chi connectivity index (χ0n) is 20.3. The summed E-state index contributed by atoms with van der Waals surface area (Å²) >= 11 is 0. The summed E-state index contributed by atoms with van der Waals surface area (Å²) in [6.07, 6.45) is -0.743. The van der Waals surface area contributed by atoms with E-state index >= 15 is 0 Å². The molecule has 0 spiro atoms. The van der Waals surface area contributed by atoms with Gasteiger partial charge in [0.1, 0.15) is 5.60 Å². The molecule has 0 heterocycles. The average molecular weight is 477 g/mol. The van der Waals surface area contributed by atoms with Gasteiger partial charge in [0.25, 0.3) is 0 Å². The lowest BCUT2D eigenvalue weighted by molar-refractivity contribution is 0.0147. The summed E-state index contributed by atoms with van der Waals surface area (Å²) in [4.78, 5) is 25.5. The zero-order valence-corrected chi connectivity index (χ0v) is 20.3. The summed E-state index contributed by atoms with van der Waals surface area (Å²) in [7, 11) is 0. The number of aliphatic hydroxyl groups excluding tert-OH is 1. The van der Waals surface area contributed by atoms with E-state index in [1.54, 1.807) is 6.07 Å². The Kier molecular flexibility index (Phi) is 8.14. The van der Waals surface area contributed by atoms with E-state index in [4.69, 9.17) is 15.6 Å². The first kappa shape index (κ1) is 25.8. The van der Waals surface area contributed by atoms with Crippen molar-refractivity contribution in [2.24, 2.45) is 0 Å². The van der Waals surface area contributed by atoms with Gasteiger partial charge in [0.2, 0.25) is 0 Å². The van der Waals surface area contributed by atoms with Gasteiger partial charge in [0, 0.05) is 17.8 Å². The largest absolute Gasteiger partial charge is 0.478 e. The summed E-state index contributed by atoms with van der Waals surface area (Å²) in [6.45, 7) is 5.91. The number of nitrogen functional groups attached to an aromatic ring is 1. The molecular formula is C28H32N2O5. The SMILES string of the molecule is CC(C)(C)OC(=O)N(CCc1ccc(-c2ccc(C(=O)O)cc2N)cc1)C[C@H](O)c1ccccc1.